The second-order valence-corrected chi connectivity index (χ2v) is 5.20. The lowest BCUT2D eigenvalue weighted by molar-refractivity contribution is 0.0742. The lowest BCUT2D eigenvalue weighted by Gasteiger charge is -2.17. The van der Waals surface area contributed by atoms with Gasteiger partial charge in [0.2, 0.25) is 0 Å². The third kappa shape index (κ3) is 2.09. The first kappa shape index (κ1) is 13.7. The molecule has 21 heavy (non-hydrogen) atoms. The third-order valence-corrected chi connectivity index (χ3v) is 4.07. The smallest absolute Gasteiger partial charge is 0.289 e. The van der Waals surface area contributed by atoms with Gasteiger partial charge in [-0.15, -0.1) is 0 Å². The van der Waals surface area contributed by atoms with Gasteiger partial charge in [0, 0.05) is 29.4 Å². The largest absolute Gasteiger partial charge is 0.450 e. The van der Waals surface area contributed by atoms with Gasteiger partial charge in [-0.1, -0.05) is 36.4 Å². The Kier molecular flexibility index (Phi) is 3.42. The standard InChI is InChI=1S/C18H19NO2/c1-4-19(5-2)18(20)16-12(3)14-11-10-13-8-6-7-9-15(13)17(14)21-16/h6-11H,4-5H2,1-3H3. The Morgan fingerprint density at radius 2 is 1.76 bits per heavy atom. The SMILES string of the molecule is CCN(CC)C(=O)c1oc2c(ccc3ccccc32)c1C. The fraction of sp³-hybridized carbons (Fsp3) is 0.278. The molecule has 0 N–H and O–H groups in total. The zero-order chi connectivity index (χ0) is 15.0. The van der Waals surface area contributed by atoms with Crippen LogP contribution in [-0.4, -0.2) is 23.9 Å². The molecule has 0 radical (unpaired) electrons. The van der Waals surface area contributed by atoms with Crippen LogP contribution < -0.4 is 0 Å². The highest BCUT2D eigenvalue weighted by molar-refractivity contribution is 6.08. The number of carbonyl (C=O) groups excluding carboxylic acids is 1. The monoisotopic (exact) mass is 281 g/mol. The van der Waals surface area contributed by atoms with Crippen molar-refractivity contribution in [2.45, 2.75) is 20.8 Å². The normalized spacial score (nSPS) is 11.2. The number of rotatable bonds is 3. The number of amides is 1. The molecular formula is C18H19NO2. The maximum atomic E-state index is 12.6. The highest BCUT2D eigenvalue weighted by atomic mass is 16.3. The molecule has 0 spiro atoms. The Morgan fingerprint density at radius 3 is 2.48 bits per heavy atom. The van der Waals surface area contributed by atoms with Crippen LogP contribution in [0.25, 0.3) is 21.7 Å². The predicted molar refractivity (Wildman–Crippen MR) is 85.7 cm³/mol. The van der Waals surface area contributed by atoms with E-state index in [2.05, 4.69) is 12.1 Å². The molecule has 0 aliphatic carbocycles. The van der Waals surface area contributed by atoms with Crippen molar-refractivity contribution in [2.24, 2.45) is 0 Å². The summed E-state index contributed by atoms with van der Waals surface area (Å²) in [5, 5.41) is 3.20. The first-order valence-electron chi connectivity index (χ1n) is 7.37. The molecule has 108 valence electrons. The maximum absolute atomic E-state index is 12.6. The van der Waals surface area contributed by atoms with Crippen molar-refractivity contribution in [1.29, 1.82) is 0 Å². The fourth-order valence-electron chi connectivity index (χ4n) is 2.81. The minimum Gasteiger partial charge on any atom is -0.450 e. The summed E-state index contributed by atoms with van der Waals surface area (Å²) in [5.74, 6) is 0.433. The summed E-state index contributed by atoms with van der Waals surface area (Å²) >= 11 is 0. The van der Waals surface area contributed by atoms with E-state index in [9.17, 15) is 4.79 Å². The zero-order valence-electron chi connectivity index (χ0n) is 12.6. The van der Waals surface area contributed by atoms with Crippen LogP contribution in [-0.2, 0) is 0 Å². The molecule has 0 unspecified atom stereocenters. The van der Waals surface area contributed by atoms with Gasteiger partial charge in [0.25, 0.3) is 5.91 Å². The number of nitrogens with zero attached hydrogens (tertiary/aromatic N) is 1. The first-order valence-corrected chi connectivity index (χ1v) is 7.37. The number of hydrogen-bond donors (Lipinski definition) is 0. The van der Waals surface area contributed by atoms with E-state index in [0.717, 1.165) is 27.3 Å². The number of aryl methyl sites for hydroxylation is 1. The van der Waals surface area contributed by atoms with Crippen LogP contribution in [0.1, 0.15) is 30.0 Å². The molecule has 3 rings (SSSR count). The highest BCUT2D eigenvalue weighted by Crippen LogP contribution is 2.32. The quantitative estimate of drug-likeness (QED) is 0.714. The number of carbonyl (C=O) groups is 1. The second-order valence-electron chi connectivity index (χ2n) is 5.20. The van der Waals surface area contributed by atoms with Gasteiger partial charge in [-0.3, -0.25) is 4.79 Å². The van der Waals surface area contributed by atoms with E-state index in [0.29, 0.717) is 18.8 Å². The van der Waals surface area contributed by atoms with Crippen molar-refractivity contribution in [3.8, 4) is 0 Å². The summed E-state index contributed by atoms with van der Waals surface area (Å²) in [7, 11) is 0. The first-order chi connectivity index (χ1) is 10.2. The minimum atomic E-state index is -0.0298. The number of fused-ring (bicyclic) bond motifs is 3. The van der Waals surface area contributed by atoms with E-state index in [1.54, 1.807) is 4.90 Å². The number of hydrogen-bond acceptors (Lipinski definition) is 2. The average Bonchev–Trinajstić information content (AvgIpc) is 2.86. The van der Waals surface area contributed by atoms with Gasteiger partial charge in [-0.2, -0.15) is 0 Å². The van der Waals surface area contributed by atoms with Crippen molar-refractivity contribution >= 4 is 27.6 Å². The van der Waals surface area contributed by atoms with E-state index in [-0.39, 0.29) is 5.91 Å². The van der Waals surface area contributed by atoms with E-state index < -0.39 is 0 Å². The Bertz CT molecular complexity index is 813. The molecule has 2 aromatic carbocycles. The lowest BCUT2D eigenvalue weighted by atomic mass is 10.1. The Labute approximate surface area is 124 Å². The fourth-order valence-corrected chi connectivity index (χ4v) is 2.81. The molecule has 3 aromatic rings. The molecule has 1 aromatic heterocycles. The summed E-state index contributed by atoms with van der Waals surface area (Å²) in [6, 6.07) is 12.2. The maximum Gasteiger partial charge on any atom is 0.289 e. The van der Waals surface area contributed by atoms with E-state index in [1.165, 1.54) is 0 Å². The molecule has 3 nitrogen and oxygen atoms in total. The number of benzene rings is 2. The highest BCUT2D eigenvalue weighted by Gasteiger charge is 2.22. The van der Waals surface area contributed by atoms with Gasteiger partial charge in [0.15, 0.2) is 5.76 Å². The summed E-state index contributed by atoms with van der Waals surface area (Å²) in [4.78, 5) is 14.4. The predicted octanol–water partition coefficient (Wildman–Crippen LogP) is 4.38. The summed E-state index contributed by atoms with van der Waals surface area (Å²) in [5.41, 5.74) is 1.73. The Balaban J connectivity index is 2.24. The van der Waals surface area contributed by atoms with Crippen LogP contribution in [0.15, 0.2) is 40.8 Å². The second kappa shape index (κ2) is 5.24. The lowest BCUT2D eigenvalue weighted by Crippen LogP contribution is -2.30. The number of furan rings is 1. The molecule has 1 amide bonds. The molecule has 0 fully saturated rings. The van der Waals surface area contributed by atoms with Crippen LogP contribution in [0.3, 0.4) is 0 Å². The third-order valence-electron chi connectivity index (χ3n) is 4.07. The summed E-state index contributed by atoms with van der Waals surface area (Å²) < 4.78 is 5.97. The summed E-state index contributed by atoms with van der Waals surface area (Å²) in [6.45, 7) is 7.29. The van der Waals surface area contributed by atoms with Gasteiger partial charge in [-0.25, -0.2) is 0 Å². The Hall–Kier alpha value is -2.29. The van der Waals surface area contributed by atoms with E-state index in [1.807, 2.05) is 45.0 Å². The molecule has 0 bridgehead atoms. The van der Waals surface area contributed by atoms with Crippen LogP contribution in [0.2, 0.25) is 0 Å². The van der Waals surface area contributed by atoms with Crippen molar-refractivity contribution in [2.75, 3.05) is 13.1 Å². The molecule has 1 heterocycles. The van der Waals surface area contributed by atoms with Gasteiger partial charge in [0.05, 0.1) is 0 Å². The zero-order valence-corrected chi connectivity index (χ0v) is 12.6. The molecular weight excluding hydrogens is 262 g/mol. The molecule has 0 saturated heterocycles. The van der Waals surface area contributed by atoms with Gasteiger partial charge < -0.3 is 9.32 Å². The molecule has 3 heteroatoms. The summed E-state index contributed by atoms with van der Waals surface area (Å²) in [6.07, 6.45) is 0. The molecule has 0 aliphatic rings. The van der Waals surface area contributed by atoms with Gasteiger partial charge in [0.1, 0.15) is 5.58 Å². The van der Waals surface area contributed by atoms with Crippen LogP contribution in [0.5, 0.6) is 0 Å². The van der Waals surface area contributed by atoms with Crippen molar-refractivity contribution in [3.05, 3.63) is 47.7 Å². The van der Waals surface area contributed by atoms with Crippen molar-refractivity contribution < 1.29 is 9.21 Å². The molecule has 0 atom stereocenters. The van der Waals surface area contributed by atoms with Gasteiger partial charge in [-0.05, 0) is 26.2 Å². The molecule has 0 saturated carbocycles. The Morgan fingerprint density at radius 1 is 1.05 bits per heavy atom. The van der Waals surface area contributed by atoms with Gasteiger partial charge >= 0.3 is 0 Å². The molecule has 0 aliphatic heterocycles. The minimum absolute atomic E-state index is 0.0298. The van der Waals surface area contributed by atoms with Crippen LogP contribution in [0, 0.1) is 6.92 Å². The van der Waals surface area contributed by atoms with Crippen LogP contribution in [0.4, 0.5) is 0 Å². The van der Waals surface area contributed by atoms with E-state index >= 15 is 0 Å². The van der Waals surface area contributed by atoms with Crippen molar-refractivity contribution in [1.82, 2.24) is 4.90 Å². The van der Waals surface area contributed by atoms with Crippen molar-refractivity contribution in [3.63, 3.8) is 0 Å². The van der Waals surface area contributed by atoms with Crippen LogP contribution >= 0.6 is 0 Å². The topological polar surface area (TPSA) is 33.5 Å². The van der Waals surface area contributed by atoms with E-state index in [4.69, 9.17) is 4.42 Å². The average molecular weight is 281 g/mol.